The maximum Gasteiger partial charge on any atom is 0.251 e. The van der Waals surface area contributed by atoms with Crippen LogP contribution in [0, 0.1) is 0 Å². The molecule has 0 spiro atoms. The Labute approximate surface area is 226 Å². The van der Waals surface area contributed by atoms with Gasteiger partial charge >= 0.3 is 0 Å². The van der Waals surface area contributed by atoms with Crippen molar-refractivity contribution in [3.63, 3.8) is 0 Å². The van der Waals surface area contributed by atoms with E-state index in [1.54, 1.807) is 24.6 Å². The predicted molar refractivity (Wildman–Crippen MR) is 146 cm³/mol. The van der Waals surface area contributed by atoms with Gasteiger partial charge in [-0.05, 0) is 72.5 Å². The Morgan fingerprint density at radius 3 is 2.54 bits per heavy atom. The van der Waals surface area contributed by atoms with Gasteiger partial charge < -0.3 is 25.0 Å². The molecule has 1 aliphatic heterocycles. The van der Waals surface area contributed by atoms with Gasteiger partial charge in [-0.25, -0.2) is 0 Å². The summed E-state index contributed by atoms with van der Waals surface area (Å²) in [5, 5.41) is 26.1. The molecule has 1 heterocycles. The Morgan fingerprint density at radius 2 is 1.86 bits per heavy atom. The Morgan fingerprint density at radius 1 is 1.14 bits per heavy atom. The van der Waals surface area contributed by atoms with Gasteiger partial charge in [0.15, 0.2) is 0 Å². The Kier molecular flexibility index (Phi) is 9.16. The van der Waals surface area contributed by atoms with Crippen molar-refractivity contribution >= 4 is 29.3 Å². The van der Waals surface area contributed by atoms with Crippen LogP contribution >= 0.6 is 23.4 Å². The lowest BCUT2D eigenvalue weighted by molar-refractivity contribution is -0.0786. The van der Waals surface area contributed by atoms with Crippen LogP contribution < -0.4 is 10.1 Å². The first kappa shape index (κ1) is 27.1. The Balaban J connectivity index is 1.49. The van der Waals surface area contributed by atoms with Crippen molar-refractivity contribution in [3.8, 4) is 5.75 Å². The van der Waals surface area contributed by atoms with E-state index in [9.17, 15) is 15.0 Å². The molecule has 1 saturated heterocycles. The molecule has 0 bridgehead atoms. The summed E-state index contributed by atoms with van der Waals surface area (Å²) in [5.74, 6) is 0.970. The summed E-state index contributed by atoms with van der Waals surface area (Å²) >= 11 is 7.86. The normalized spacial score (nSPS) is 20.4. The fourth-order valence-corrected chi connectivity index (χ4v) is 5.02. The van der Waals surface area contributed by atoms with Crippen LogP contribution in [0.5, 0.6) is 5.75 Å². The molecule has 3 aromatic carbocycles. The average molecular weight is 540 g/mol. The van der Waals surface area contributed by atoms with E-state index in [4.69, 9.17) is 21.1 Å². The Bertz CT molecular complexity index is 1250. The van der Waals surface area contributed by atoms with Crippen LogP contribution in [0.25, 0.3) is 0 Å². The number of aliphatic hydroxyl groups is 2. The topological polar surface area (TPSA) is 88.0 Å². The minimum absolute atomic E-state index is 0.156. The molecule has 1 fully saturated rings. The molecule has 1 aliphatic rings. The highest BCUT2D eigenvalue weighted by Gasteiger charge is 2.34. The third-order valence-electron chi connectivity index (χ3n) is 6.12. The zero-order chi connectivity index (χ0) is 26.4. The summed E-state index contributed by atoms with van der Waals surface area (Å²) < 4.78 is 11.7. The van der Waals surface area contributed by atoms with E-state index >= 15 is 0 Å². The number of carbonyl (C=O) groups is 1. The van der Waals surface area contributed by atoms with Gasteiger partial charge in [0.05, 0.1) is 12.7 Å². The molecule has 37 heavy (non-hydrogen) atoms. The lowest BCUT2D eigenvalue weighted by Crippen LogP contribution is -2.36. The monoisotopic (exact) mass is 539 g/mol. The van der Waals surface area contributed by atoms with Crippen molar-refractivity contribution in [1.82, 2.24) is 5.32 Å². The second-order valence-electron chi connectivity index (χ2n) is 8.70. The number of hydrogen-bond acceptors (Lipinski definition) is 6. The van der Waals surface area contributed by atoms with E-state index in [1.807, 2.05) is 61.5 Å². The van der Waals surface area contributed by atoms with Crippen molar-refractivity contribution in [1.29, 1.82) is 0 Å². The lowest BCUT2D eigenvalue weighted by atomic mass is 9.94. The number of nitrogens with one attached hydrogen (secondary N) is 1. The van der Waals surface area contributed by atoms with Crippen LogP contribution in [-0.2, 0) is 11.2 Å². The second-order valence-corrected chi connectivity index (χ2v) is 10.1. The molecule has 0 unspecified atom stereocenters. The van der Waals surface area contributed by atoms with Crippen LogP contribution in [0.15, 0.2) is 82.8 Å². The fourth-order valence-electron chi connectivity index (χ4n) is 4.10. The smallest absolute Gasteiger partial charge is 0.251 e. The molecule has 0 aliphatic carbocycles. The van der Waals surface area contributed by atoms with Gasteiger partial charge in [0.2, 0.25) is 0 Å². The molecule has 3 aromatic rings. The van der Waals surface area contributed by atoms with Gasteiger partial charge in [-0.2, -0.15) is 0 Å². The Hall–Kier alpha value is -2.97. The summed E-state index contributed by atoms with van der Waals surface area (Å²) in [6.45, 7) is 2.57. The highest BCUT2D eigenvalue weighted by atomic mass is 35.5. The molecule has 6 nitrogen and oxygen atoms in total. The number of benzene rings is 3. The molecule has 4 rings (SSSR count). The molecule has 0 aromatic heterocycles. The number of carbonyl (C=O) groups excluding carboxylic acids is 1. The van der Waals surface area contributed by atoms with Crippen LogP contribution in [0.4, 0.5) is 0 Å². The molecule has 194 valence electrons. The molecule has 1 amide bonds. The summed E-state index contributed by atoms with van der Waals surface area (Å²) in [4.78, 5) is 12.6. The summed E-state index contributed by atoms with van der Waals surface area (Å²) in [6.07, 6.45) is -1.62. The molecule has 8 heteroatoms. The van der Waals surface area contributed by atoms with Crippen LogP contribution in [0.3, 0.4) is 0 Å². The lowest BCUT2D eigenvalue weighted by Gasteiger charge is -2.33. The third kappa shape index (κ3) is 6.87. The van der Waals surface area contributed by atoms with E-state index in [1.165, 1.54) is 11.8 Å². The zero-order valence-electron chi connectivity index (χ0n) is 20.7. The highest BCUT2D eigenvalue weighted by Crippen LogP contribution is 2.37. The van der Waals surface area contributed by atoms with Crippen molar-refractivity contribution in [2.75, 3.05) is 13.7 Å². The van der Waals surface area contributed by atoms with E-state index in [0.717, 1.165) is 27.3 Å². The fraction of sp³-hybridized carbons (Fsp3) is 0.276. The number of hydrogen-bond donors (Lipinski definition) is 3. The first-order valence-electron chi connectivity index (χ1n) is 12.1. The third-order valence-corrected chi connectivity index (χ3v) is 7.38. The van der Waals surface area contributed by atoms with Crippen molar-refractivity contribution in [3.05, 3.63) is 105 Å². The maximum atomic E-state index is 11.7. The standard InChI is InChI=1S/C29H30ClNO5S/c1-3-35-22-9-4-18(5-10-22)14-21-15-20(8-13-24(21)30)26-16-25(32)28(33)27(36-26)17-37-23-11-6-19(7-12-23)29(34)31-2/h4-13,15,17,25-26,28,32-33H,3,14,16H2,1-2H3,(H,31,34)/b27-17-/t25-,26-,28+/m1/s1. The van der Waals surface area contributed by atoms with Gasteiger partial charge in [-0.15, -0.1) is 0 Å². The largest absolute Gasteiger partial charge is 0.494 e. The van der Waals surface area contributed by atoms with Gasteiger partial charge in [-0.1, -0.05) is 47.6 Å². The number of amides is 1. The number of halogens is 1. The number of ether oxygens (including phenoxy) is 2. The summed E-state index contributed by atoms with van der Waals surface area (Å²) in [7, 11) is 1.59. The number of aliphatic hydroxyl groups excluding tert-OH is 2. The van der Waals surface area contributed by atoms with Gasteiger partial charge in [0, 0.05) is 34.4 Å². The first-order chi connectivity index (χ1) is 17.9. The average Bonchev–Trinajstić information content (AvgIpc) is 2.91. The minimum atomic E-state index is -1.12. The quantitative estimate of drug-likeness (QED) is 0.327. The molecule has 0 radical (unpaired) electrons. The van der Waals surface area contributed by atoms with E-state index in [2.05, 4.69) is 5.32 Å². The zero-order valence-corrected chi connectivity index (χ0v) is 22.3. The van der Waals surface area contributed by atoms with Crippen LogP contribution in [0.1, 0.15) is 46.5 Å². The summed E-state index contributed by atoms with van der Waals surface area (Å²) in [6, 6.07) is 20.8. The number of rotatable bonds is 8. The highest BCUT2D eigenvalue weighted by molar-refractivity contribution is 8.02. The second kappa shape index (κ2) is 12.5. The van der Waals surface area contributed by atoms with Gasteiger partial charge in [0.1, 0.15) is 23.7 Å². The van der Waals surface area contributed by atoms with Gasteiger partial charge in [-0.3, -0.25) is 4.79 Å². The molecule has 3 atom stereocenters. The SMILES string of the molecule is CCOc1ccc(Cc2cc([C@H]3C[C@@H](O)[C@H](O)/C(=C/Sc4ccc(C(=O)NC)cc4)O3)ccc2Cl)cc1. The van der Waals surface area contributed by atoms with Crippen molar-refractivity contribution < 1.29 is 24.5 Å². The van der Waals surface area contributed by atoms with Crippen LogP contribution in [0.2, 0.25) is 5.02 Å². The first-order valence-corrected chi connectivity index (χ1v) is 13.4. The maximum absolute atomic E-state index is 11.7. The van der Waals surface area contributed by atoms with E-state index < -0.39 is 18.3 Å². The van der Waals surface area contributed by atoms with Gasteiger partial charge in [0.25, 0.3) is 5.91 Å². The van der Waals surface area contributed by atoms with Crippen molar-refractivity contribution in [2.24, 2.45) is 0 Å². The molecule has 3 N–H and O–H groups in total. The van der Waals surface area contributed by atoms with Crippen LogP contribution in [-0.4, -0.2) is 42.0 Å². The number of thioether (sulfide) groups is 1. The predicted octanol–water partition coefficient (Wildman–Crippen LogP) is 5.51. The molecular formula is C29H30ClNO5S. The molecular weight excluding hydrogens is 510 g/mol. The molecule has 0 saturated carbocycles. The van der Waals surface area contributed by atoms with Crippen molar-refractivity contribution in [2.45, 2.75) is 43.0 Å². The summed E-state index contributed by atoms with van der Waals surface area (Å²) in [5.41, 5.74) is 3.49. The van der Waals surface area contributed by atoms with E-state index in [-0.39, 0.29) is 12.3 Å². The minimum Gasteiger partial charge on any atom is -0.494 e. The van der Waals surface area contributed by atoms with E-state index in [0.29, 0.717) is 29.4 Å².